The molecule has 0 saturated heterocycles. The van der Waals surface area contributed by atoms with Gasteiger partial charge in [-0.25, -0.2) is 4.98 Å². The molecule has 160 valence electrons. The fraction of sp³-hybridized carbons (Fsp3) is 0.160. The first-order valence-corrected chi connectivity index (χ1v) is 11.1. The third-order valence-corrected chi connectivity index (χ3v) is 6.66. The van der Waals surface area contributed by atoms with E-state index >= 15 is 0 Å². The maximum absolute atomic E-state index is 13.3. The first-order valence-electron chi connectivity index (χ1n) is 10.3. The van der Waals surface area contributed by atoms with E-state index in [1.165, 1.54) is 28.6 Å². The van der Waals surface area contributed by atoms with Crippen LogP contribution in [0.5, 0.6) is 0 Å². The lowest BCUT2D eigenvalue weighted by atomic mass is 9.94. The highest BCUT2D eigenvalue weighted by Gasteiger charge is 2.46. The van der Waals surface area contributed by atoms with Crippen LogP contribution in [0.25, 0.3) is 10.2 Å². The molecular weight excluding hydrogens is 424 g/mol. The number of fused-ring (bicyclic) bond motifs is 1. The number of rotatable bonds is 5. The van der Waals surface area contributed by atoms with Gasteiger partial charge >= 0.3 is 0 Å². The van der Waals surface area contributed by atoms with E-state index in [1.54, 1.807) is 6.07 Å². The summed E-state index contributed by atoms with van der Waals surface area (Å²) in [5.41, 5.74) is 3.68. The summed E-state index contributed by atoms with van der Waals surface area (Å²) in [5.74, 6) is -1.69. The molecule has 2 aromatic carbocycles. The number of aromatic nitrogens is 1. The summed E-state index contributed by atoms with van der Waals surface area (Å²) in [6.45, 7) is 4.05. The molecule has 0 bridgehead atoms. The van der Waals surface area contributed by atoms with E-state index in [0.717, 1.165) is 27.8 Å². The average molecular weight is 445 g/mol. The van der Waals surface area contributed by atoms with Crippen LogP contribution in [0, 0.1) is 6.92 Å². The molecule has 6 nitrogen and oxygen atoms in total. The molecule has 1 unspecified atom stereocenters. The van der Waals surface area contributed by atoms with Gasteiger partial charge in [-0.1, -0.05) is 48.6 Å². The first-order chi connectivity index (χ1) is 15.5. The van der Waals surface area contributed by atoms with E-state index in [9.17, 15) is 14.7 Å². The van der Waals surface area contributed by atoms with Crippen molar-refractivity contribution >= 4 is 38.4 Å². The monoisotopic (exact) mass is 444 g/mol. The van der Waals surface area contributed by atoms with Crippen LogP contribution in [-0.2, 0) is 11.2 Å². The summed E-state index contributed by atoms with van der Waals surface area (Å²) >= 11 is 1.35. The fourth-order valence-electron chi connectivity index (χ4n) is 3.95. The Labute approximate surface area is 188 Å². The van der Waals surface area contributed by atoms with Gasteiger partial charge in [0.05, 0.1) is 28.1 Å². The molecule has 1 atom stereocenters. The number of aliphatic hydroxyl groups is 1. The molecule has 0 aliphatic carbocycles. The number of aryl methyl sites for hydroxylation is 2. The molecule has 0 fully saturated rings. The second-order valence-electron chi connectivity index (χ2n) is 7.71. The largest absolute Gasteiger partial charge is 0.503 e. The number of Topliss-reactive ketones (excluding diaryl/α,β-unsaturated/α-hetero) is 1. The van der Waals surface area contributed by atoms with Gasteiger partial charge in [0.25, 0.3) is 5.91 Å². The maximum Gasteiger partial charge on any atom is 0.296 e. The average Bonchev–Trinajstić information content (AvgIpc) is 3.52. The second kappa shape index (κ2) is 7.76. The van der Waals surface area contributed by atoms with Gasteiger partial charge in [-0.15, -0.1) is 0 Å². The number of furan rings is 1. The minimum Gasteiger partial charge on any atom is -0.503 e. The molecule has 3 heterocycles. The molecule has 0 radical (unpaired) electrons. The number of hydrogen-bond donors (Lipinski definition) is 1. The highest BCUT2D eigenvalue weighted by atomic mass is 32.1. The minimum atomic E-state index is -0.812. The van der Waals surface area contributed by atoms with Crippen molar-refractivity contribution in [1.82, 2.24) is 4.98 Å². The number of hydrogen-bond acceptors (Lipinski definition) is 6. The summed E-state index contributed by atoms with van der Waals surface area (Å²) in [6.07, 6.45) is 2.25. The van der Waals surface area contributed by atoms with Gasteiger partial charge in [0.1, 0.15) is 0 Å². The predicted octanol–water partition coefficient (Wildman–Crippen LogP) is 5.54. The van der Waals surface area contributed by atoms with Crippen molar-refractivity contribution in [1.29, 1.82) is 0 Å². The van der Waals surface area contributed by atoms with Crippen molar-refractivity contribution < 1.29 is 19.1 Å². The molecule has 1 aliphatic rings. The maximum atomic E-state index is 13.3. The van der Waals surface area contributed by atoms with Crippen LogP contribution in [0.3, 0.4) is 0 Å². The van der Waals surface area contributed by atoms with Gasteiger partial charge in [0, 0.05) is 0 Å². The Morgan fingerprint density at radius 1 is 1.19 bits per heavy atom. The summed E-state index contributed by atoms with van der Waals surface area (Å²) in [7, 11) is 0. The quantitative estimate of drug-likeness (QED) is 0.409. The van der Waals surface area contributed by atoms with Gasteiger partial charge in [-0.05, 0) is 54.3 Å². The van der Waals surface area contributed by atoms with Crippen LogP contribution >= 0.6 is 11.3 Å². The Bertz CT molecular complexity index is 1370. The van der Waals surface area contributed by atoms with E-state index in [2.05, 4.69) is 11.9 Å². The molecule has 1 amide bonds. The number of carbonyl (C=O) groups is 2. The zero-order valence-corrected chi connectivity index (χ0v) is 18.3. The fourth-order valence-corrected chi connectivity index (χ4v) is 5.04. The van der Waals surface area contributed by atoms with Crippen molar-refractivity contribution in [2.75, 3.05) is 4.90 Å². The number of thiazole rings is 1. The summed E-state index contributed by atoms with van der Waals surface area (Å²) in [5, 5.41) is 11.2. The second-order valence-corrected chi connectivity index (χ2v) is 8.72. The van der Waals surface area contributed by atoms with Crippen molar-refractivity contribution in [2.24, 2.45) is 0 Å². The zero-order valence-electron chi connectivity index (χ0n) is 17.5. The van der Waals surface area contributed by atoms with Gasteiger partial charge in [-0.2, -0.15) is 0 Å². The van der Waals surface area contributed by atoms with E-state index in [-0.39, 0.29) is 11.3 Å². The third-order valence-electron chi connectivity index (χ3n) is 5.64. The highest BCUT2D eigenvalue weighted by molar-refractivity contribution is 7.22. The summed E-state index contributed by atoms with van der Waals surface area (Å²) < 4.78 is 6.21. The van der Waals surface area contributed by atoms with E-state index in [4.69, 9.17) is 4.42 Å². The van der Waals surface area contributed by atoms with Gasteiger partial charge < -0.3 is 9.52 Å². The van der Waals surface area contributed by atoms with Crippen LogP contribution in [-0.4, -0.2) is 21.8 Å². The Morgan fingerprint density at radius 2 is 1.97 bits per heavy atom. The molecule has 0 saturated carbocycles. The van der Waals surface area contributed by atoms with Crippen LogP contribution in [0.1, 0.15) is 40.2 Å². The smallest absolute Gasteiger partial charge is 0.296 e. The SMILES string of the molecule is CCc1ccc(C2C(C(=O)c3ccco3)=C(O)C(=O)N2c2nc3ccc(C)cc3s2)cc1. The molecule has 0 spiro atoms. The molecular formula is C25H20N2O4S. The van der Waals surface area contributed by atoms with E-state index in [1.807, 2.05) is 49.4 Å². The third kappa shape index (κ3) is 3.22. The Balaban J connectivity index is 1.67. The molecule has 1 N–H and O–H groups in total. The van der Waals surface area contributed by atoms with Crippen LogP contribution < -0.4 is 4.90 Å². The summed E-state index contributed by atoms with van der Waals surface area (Å²) in [4.78, 5) is 32.5. The number of carbonyl (C=O) groups excluding carboxylic acids is 2. The van der Waals surface area contributed by atoms with E-state index in [0.29, 0.717) is 10.7 Å². The highest BCUT2D eigenvalue weighted by Crippen LogP contribution is 2.44. The molecule has 2 aromatic heterocycles. The Hall–Kier alpha value is -3.71. The van der Waals surface area contributed by atoms with Crippen LogP contribution in [0.4, 0.5) is 5.13 Å². The number of benzene rings is 2. The van der Waals surface area contributed by atoms with Crippen molar-refractivity contribution in [3.05, 3.63) is 94.6 Å². The number of aliphatic hydroxyl groups excluding tert-OH is 1. The summed E-state index contributed by atoms with van der Waals surface area (Å²) in [6, 6.07) is 15.9. The van der Waals surface area contributed by atoms with Crippen molar-refractivity contribution in [3.8, 4) is 0 Å². The molecule has 7 heteroatoms. The molecule has 1 aliphatic heterocycles. The van der Waals surface area contributed by atoms with E-state index < -0.39 is 23.5 Å². The number of amides is 1. The lowest BCUT2D eigenvalue weighted by Gasteiger charge is -2.24. The van der Waals surface area contributed by atoms with Crippen molar-refractivity contribution in [2.45, 2.75) is 26.3 Å². The first kappa shape index (κ1) is 20.2. The molecule has 5 rings (SSSR count). The minimum absolute atomic E-state index is 0.00960. The van der Waals surface area contributed by atoms with Crippen LogP contribution in [0.15, 0.2) is 76.6 Å². The predicted molar refractivity (Wildman–Crippen MR) is 123 cm³/mol. The zero-order chi connectivity index (χ0) is 22.4. The van der Waals surface area contributed by atoms with Crippen LogP contribution in [0.2, 0.25) is 0 Å². The van der Waals surface area contributed by atoms with Gasteiger partial charge in [0.15, 0.2) is 16.7 Å². The van der Waals surface area contributed by atoms with Gasteiger partial charge in [0.2, 0.25) is 5.78 Å². The standard InChI is InChI=1S/C25H20N2O4S/c1-3-15-7-9-16(10-8-15)21-20(22(28)18-5-4-12-31-18)23(29)24(30)27(21)25-26-17-11-6-14(2)13-19(17)32-25/h4-13,21,29H,3H2,1-2H3. The number of anilines is 1. The number of ketones is 1. The molecule has 4 aromatic rings. The molecule has 32 heavy (non-hydrogen) atoms. The topological polar surface area (TPSA) is 83.6 Å². The lowest BCUT2D eigenvalue weighted by molar-refractivity contribution is -0.117. The Kier molecular flexibility index (Phi) is 4.90. The normalized spacial score (nSPS) is 16.4. The van der Waals surface area contributed by atoms with Crippen molar-refractivity contribution in [3.63, 3.8) is 0 Å². The number of nitrogens with zero attached hydrogens (tertiary/aromatic N) is 2. The Morgan fingerprint density at radius 3 is 2.66 bits per heavy atom. The van der Waals surface area contributed by atoms with Gasteiger partial charge in [-0.3, -0.25) is 14.5 Å². The lowest BCUT2D eigenvalue weighted by Crippen LogP contribution is -2.30.